The number of hydrogen-bond acceptors (Lipinski definition) is 4. The maximum atomic E-state index is 10.5. The van der Waals surface area contributed by atoms with Crippen LogP contribution < -0.4 is 4.74 Å². The van der Waals surface area contributed by atoms with E-state index in [2.05, 4.69) is 10.3 Å². The molecule has 0 N–H and O–H groups in total. The second kappa shape index (κ2) is 4.14. The molecule has 1 heterocycles. The number of carbonyl (C=O) groups excluding carboxylic acids is 1. The van der Waals surface area contributed by atoms with E-state index in [1.807, 2.05) is 25.1 Å². The van der Waals surface area contributed by atoms with Crippen LogP contribution in [0.5, 0.6) is 5.75 Å². The summed E-state index contributed by atoms with van der Waals surface area (Å²) in [4.78, 5) is 10.5. The summed E-state index contributed by atoms with van der Waals surface area (Å²) in [5.41, 5.74) is 2.14. The average molecular weight is 217 g/mol. The molecule has 1 aromatic carbocycles. The Labute approximate surface area is 92.7 Å². The molecule has 0 saturated heterocycles. The van der Waals surface area contributed by atoms with Crippen molar-refractivity contribution in [2.75, 3.05) is 7.11 Å². The van der Waals surface area contributed by atoms with Gasteiger partial charge in [-0.15, -0.1) is 5.10 Å². The Balaban J connectivity index is 2.53. The van der Waals surface area contributed by atoms with Crippen LogP contribution in [-0.2, 0) is 0 Å². The van der Waals surface area contributed by atoms with Crippen molar-refractivity contribution >= 4 is 6.29 Å². The van der Waals surface area contributed by atoms with Gasteiger partial charge in [-0.1, -0.05) is 11.3 Å². The zero-order valence-corrected chi connectivity index (χ0v) is 9.04. The Kier molecular flexibility index (Phi) is 2.68. The molecule has 5 heteroatoms. The number of ether oxygens (including phenoxy) is 1. The largest absolute Gasteiger partial charge is 0.494 e. The third-order valence-electron chi connectivity index (χ3n) is 2.21. The van der Waals surface area contributed by atoms with E-state index in [1.165, 1.54) is 4.68 Å². The van der Waals surface area contributed by atoms with Gasteiger partial charge in [-0.05, 0) is 24.6 Å². The average Bonchev–Trinajstić information content (AvgIpc) is 2.77. The fourth-order valence-corrected chi connectivity index (χ4v) is 1.43. The zero-order chi connectivity index (χ0) is 11.5. The first-order valence-corrected chi connectivity index (χ1v) is 4.77. The third-order valence-corrected chi connectivity index (χ3v) is 2.21. The second-order valence-corrected chi connectivity index (χ2v) is 3.38. The molecule has 5 nitrogen and oxygen atoms in total. The normalized spacial score (nSPS) is 10.1. The van der Waals surface area contributed by atoms with Gasteiger partial charge in [0.1, 0.15) is 17.1 Å². The summed E-state index contributed by atoms with van der Waals surface area (Å²) >= 11 is 0. The van der Waals surface area contributed by atoms with Gasteiger partial charge in [0.25, 0.3) is 0 Å². The van der Waals surface area contributed by atoms with E-state index in [4.69, 9.17) is 4.74 Å². The van der Waals surface area contributed by atoms with Gasteiger partial charge in [-0.3, -0.25) is 4.79 Å². The third kappa shape index (κ3) is 1.79. The molecule has 0 saturated carbocycles. The lowest BCUT2D eigenvalue weighted by atomic mass is 10.2. The van der Waals surface area contributed by atoms with E-state index >= 15 is 0 Å². The van der Waals surface area contributed by atoms with Gasteiger partial charge in [0.05, 0.1) is 13.3 Å². The predicted octanol–water partition coefficient (Wildman–Crippen LogP) is 1.40. The van der Waals surface area contributed by atoms with Crippen molar-refractivity contribution in [1.82, 2.24) is 15.0 Å². The van der Waals surface area contributed by atoms with Gasteiger partial charge in [-0.2, -0.15) is 0 Å². The van der Waals surface area contributed by atoms with Crippen LogP contribution >= 0.6 is 0 Å². The predicted molar refractivity (Wildman–Crippen MR) is 58.0 cm³/mol. The zero-order valence-electron chi connectivity index (χ0n) is 9.04. The lowest BCUT2D eigenvalue weighted by Gasteiger charge is -2.08. The van der Waals surface area contributed by atoms with Crippen molar-refractivity contribution in [2.45, 2.75) is 6.92 Å². The molecule has 0 fully saturated rings. The molecule has 0 radical (unpaired) electrons. The van der Waals surface area contributed by atoms with Crippen LogP contribution in [0.2, 0.25) is 0 Å². The Morgan fingerprint density at radius 2 is 2.25 bits per heavy atom. The van der Waals surface area contributed by atoms with Crippen molar-refractivity contribution in [1.29, 1.82) is 0 Å². The standard InChI is InChI=1S/C11H11N3O2/c1-8-3-4-11(16-2)10(5-8)14-6-9(7-15)12-13-14/h3-7H,1-2H3. The number of methoxy groups -OCH3 is 1. The number of benzene rings is 1. The van der Waals surface area contributed by atoms with E-state index in [1.54, 1.807) is 13.3 Å². The van der Waals surface area contributed by atoms with Crippen LogP contribution in [0.4, 0.5) is 0 Å². The van der Waals surface area contributed by atoms with Crippen molar-refractivity contribution in [3.8, 4) is 11.4 Å². The van der Waals surface area contributed by atoms with E-state index in [9.17, 15) is 4.79 Å². The number of carbonyl (C=O) groups is 1. The fourth-order valence-electron chi connectivity index (χ4n) is 1.43. The Morgan fingerprint density at radius 3 is 2.88 bits per heavy atom. The summed E-state index contributed by atoms with van der Waals surface area (Å²) in [5.74, 6) is 0.688. The monoisotopic (exact) mass is 217 g/mol. The smallest absolute Gasteiger partial charge is 0.171 e. The van der Waals surface area contributed by atoms with Crippen LogP contribution in [0.3, 0.4) is 0 Å². The summed E-state index contributed by atoms with van der Waals surface area (Å²) in [6.07, 6.45) is 2.22. The SMILES string of the molecule is COc1ccc(C)cc1-n1cc(C=O)nn1. The molecule has 0 atom stereocenters. The molecule has 0 amide bonds. The maximum Gasteiger partial charge on any atom is 0.171 e. The number of nitrogens with zero attached hydrogens (tertiary/aromatic N) is 3. The van der Waals surface area contributed by atoms with Crippen LogP contribution in [0.15, 0.2) is 24.4 Å². The van der Waals surface area contributed by atoms with E-state index in [0.29, 0.717) is 17.7 Å². The Morgan fingerprint density at radius 1 is 1.44 bits per heavy atom. The fraction of sp³-hybridized carbons (Fsp3) is 0.182. The number of aryl methyl sites for hydroxylation is 1. The number of aldehydes is 1. The quantitative estimate of drug-likeness (QED) is 0.729. The molecule has 82 valence electrons. The molecule has 2 aromatic rings. The van der Waals surface area contributed by atoms with Gasteiger partial charge in [0.15, 0.2) is 6.29 Å². The highest BCUT2D eigenvalue weighted by Crippen LogP contribution is 2.22. The van der Waals surface area contributed by atoms with Crippen LogP contribution in [-0.4, -0.2) is 28.4 Å². The first-order chi connectivity index (χ1) is 7.74. The van der Waals surface area contributed by atoms with Gasteiger partial charge >= 0.3 is 0 Å². The van der Waals surface area contributed by atoms with E-state index < -0.39 is 0 Å². The summed E-state index contributed by atoms with van der Waals surface area (Å²) in [6, 6.07) is 5.72. The van der Waals surface area contributed by atoms with Gasteiger partial charge < -0.3 is 4.74 Å². The minimum absolute atomic E-state index is 0.295. The molecule has 0 bridgehead atoms. The molecule has 1 aromatic heterocycles. The summed E-state index contributed by atoms with van der Waals surface area (Å²) in [6.45, 7) is 1.97. The van der Waals surface area contributed by atoms with Gasteiger partial charge in [0, 0.05) is 0 Å². The summed E-state index contributed by atoms with van der Waals surface area (Å²) in [7, 11) is 1.59. The van der Waals surface area contributed by atoms with Crippen LogP contribution in [0.25, 0.3) is 5.69 Å². The van der Waals surface area contributed by atoms with Crippen molar-refractivity contribution in [2.24, 2.45) is 0 Å². The number of rotatable bonds is 3. The first kappa shape index (κ1) is 10.4. The van der Waals surface area contributed by atoms with Crippen LogP contribution in [0, 0.1) is 6.92 Å². The topological polar surface area (TPSA) is 57.0 Å². The minimum atomic E-state index is 0.295. The highest BCUT2D eigenvalue weighted by molar-refractivity contribution is 5.71. The van der Waals surface area contributed by atoms with Gasteiger partial charge in [-0.25, -0.2) is 4.68 Å². The molecule has 2 rings (SSSR count). The lowest BCUT2D eigenvalue weighted by molar-refractivity contribution is 0.111. The summed E-state index contributed by atoms with van der Waals surface area (Å²) in [5, 5.41) is 7.57. The molecule has 0 aliphatic rings. The van der Waals surface area contributed by atoms with Crippen molar-refractivity contribution < 1.29 is 9.53 Å². The molecule has 16 heavy (non-hydrogen) atoms. The molecule has 0 unspecified atom stereocenters. The molecule has 0 aliphatic heterocycles. The highest BCUT2D eigenvalue weighted by atomic mass is 16.5. The number of hydrogen-bond donors (Lipinski definition) is 0. The molecular formula is C11H11N3O2. The van der Waals surface area contributed by atoms with Crippen LogP contribution in [0.1, 0.15) is 16.1 Å². The second-order valence-electron chi connectivity index (χ2n) is 3.38. The molecular weight excluding hydrogens is 206 g/mol. The van der Waals surface area contributed by atoms with E-state index in [0.717, 1.165) is 11.3 Å². The molecule has 0 aliphatic carbocycles. The lowest BCUT2D eigenvalue weighted by Crippen LogP contribution is -1.99. The van der Waals surface area contributed by atoms with E-state index in [-0.39, 0.29) is 0 Å². The maximum absolute atomic E-state index is 10.5. The van der Waals surface area contributed by atoms with Crippen molar-refractivity contribution in [3.05, 3.63) is 35.7 Å². The Hall–Kier alpha value is -2.17. The minimum Gasteiger partial charge on any atom is -0.494 e. The number of aromatic nitrogens is 3. The van der Waals surface area contributed by atoms with Crippen molar-refractivity contribution in [3.63, 3.8) is 0 Å². The summed E-state index contributed by atoms with van der Waals surface area (Å²) < 4.78 is 6.74. The first-order valence-electron chi connectivity index (χ1n) is 4.77. The highest BCUT2D eigenvalue weighted by Gasteiger charge is 2.07. The Bertz CT molecular complexity index is 520. The molecule has 0 spiro atoms. The van der Waals surface area contributed by atoms with Gasteiger partial charge in [0.2, 0.25) is 0 Å².